The van der Waals surface area contributed by atoms with E-state index in [-0.39, 0.29) is 0 Å². The van der Waals surface area contributed by atoms with Gasteiger partial charge in [0.1, 0.15) is 6.10 Å². The molecule has 1 aromatic rings. The normalized spacial score (nSPS) is 13.3. The minimum absolute atomic E-state index is 0.395. The topological polar surface area (TPSA) is 72.3 Å². The van der Waals surface area contributed by atoms with E-state index in [0.717, 1.165) is 0 Å². The number of hydrogen-bond acceptors (Lipinski definition) is 4. The predicted octanol–water partition coefficient (Wildman–Crippen LogP) is 1.13. The summed E-state index contributed by atoms with van der Waals surface area (Å²) in [7, 11) is 0. The highest BCUT2D eigenvalue weighted by atomic mass is 79.9. The first-order valence-corrected chi connectivity index (χ1v) is 4.45. The van der Waals surface area contributed by atoms with Crippen LogP contribution in [-0.4, -0.2) is 16.6 Å². The van der Waals surface area contributed by atoms with Gasteiger partial charge >= 0.3 is 0 Å². The van der Waals surface area contributed by atoms with Crippen molar-refractivity contribution in [3.05, 3.63) is 16.3 Å². The van der Waals surface area contributed by atoms with Gasteiger partial charge in [-0.2, -0.15) is 0 Å². The van der Waals surface area contributed by atoms with E-state index < -0.39 is 6.10 Å². The molecule has 3 N–H and O–H groups in total. The second-order valence-electron chi connectivity index (χ2n) is 2.51. The molecule has 0 aliphatic heterocycles. The summed E-state index contributed by atoms with van der Waals surface area (Å²) in [5, 5.41) is 9.48. The number of aryl methyl sites for hydroxylation is 1. The number of aromatic nitrogens is 1. The first-order chi connectivity index (χ1) is 5.65. The second-order valence-corrected chi connectivity index (χ2v) is 3.19. The van der Waals surface area contributed by atoms with Gasteiger partial charge in [-0.1, -0.05) is 0 Å². The fourth-order valence-electron chi connectivity index (χ4n) is 0.972. The Balaban J connectivity index is 2.79. The van der Waals surface area contributed by atoms with E-state index in [2.05, 4.69) is 20.9 Å². The summed E-state index contributed by atoms with van der Waals surface area (Å²) in [6, 6.07) is 0. The molecule has 0 aliphatic carbocycles. The SMILES string of the molecule is Cc1nc(Br)oc1C(O)CCN. The van der Waals surface area contributed by atoms with E-state index >= 15 is 0 Å². The molecule has 0 spiro atoms. The van der Waals surface area contributed by atoms with Crippen molar-refractivity contribution < 1.29 is 9.52 Å². The number of aliphatic hydroxyl groups excluding tert-OH is 1. The van der Waals surface area contributed by atoms with Crippen molar-refractivity contribution >= 4 is 15.9 Å². The number of oxazole rings is 1. The van der Waals surface area contributed by atoms with Crippen LogP contribution in [-0.2, 0) is 0 Å². The maximum absolute atomic E-state index is 9.48. The minimum atomic E-state index is -0.645. The van der Waals surface area contributed by atoms with Crippen molar-refractivity contribution in [1.29, 1.82) is 0 Å². The van der Waals surface area contributed by atoms with Gasteiger partial charge in [0.2, 0.25) is 0 Å². The lowest BCUT2D eigenvalue weighted by Gasteiger charge is -2.04. The summed E-state index contributed by atoms with van der Waals surface area (Å²) < 4.78 is 5.13. The standard InChI is InChI=1S/C7H11BrN2O2/c1-4-6(5(11)2-3-9)12-7(8)10-4/h5,11H,2-3,9H2,1H3. The van der Waals surface area contributed by atoms with Crippen LogP contribution in [0.1, 0.15) is 24.0 Å². The Morgan fingerprint density at radius 3 is 2.83 bits per heavy atom. The molecule has 1 unspecified atom stereocenters. The van der Waals surface area contributed by atoms with Crippen molar-refractivity contribution in [2.24, 2.45) is 5.73 Å². The summed E-state index contributed by atoms with van der Waals surface area (Å²) in [4.78, 5) is 4.36. The van der Waals surface area contributed by atoms with Crippen LogP contribution in [0.3, 0.4) is 0 Å². The second kappa shape index (κ2) is 4.02. The summed E-state index contributed by atoms with van der Waals surface area (Å²) >= 11 is 3.08. The quantitative estimate of drug-likeness (QED) is 0.823. The Hall–Kier alpha value is -0.390. The Bertz CT molecular complexity index is 262. The maximum atomic E-state index is 9.48. The highest BCUT2D eigenvalue weighted by Crippen LogP contribution is 2.23. The largest absolute Gasteiger partial charge is 0.433 e. The van der Waals surface area contributed by atoms with Gasteiger partial charge in [-0.05, 0) is 19.9 Å². The minimum Gasteiger partial charge on any atom is -0.433 e. The zero-order valence-electron chi connectivity index (χ0n) is 6.75. The van der Waals surface area contributed by atoms with Crippen LogP contribution < -0.4 is 5.73 Å². The van der Waals surface area contributed by atoms with Gasteiger partial charge in [0.05, 0.1) is 5.69 Å². The number of rotatable bonds is 3. The highest BCUT2D eigenvalue weighted by Gasteiger charge is 2.15. The molecule has 0 saturated carbocycles. The molecular weight excluding hydrogens is 224 g/mol. The van der Waals surface area contributed by atoms with E-state index in [9.17, 15) is 5.11 Å². The monoisotopic (exact) mass is 234 g/mol. The number of hydrogen-bond donors (Lipinski definition) is 2. The lowest BCUT2D eigenvalue weighted by molar-refractivity contribution is 0.140. The molecule has 0 fully saturated rings. The lowest BCUT2D eigenvalue weighted by Crippen LogP contribution is -2.06. The number of nitrogens with two attached hydrogens (primary N) is 1. The van der Waals surface area contributed by atoms with Crippen molar-refractivity contribution in [2.75, 3.05) is 6.54 Å². The lowest BCUT2D eigenvalue weighted by atomic mass is 10.2. The first-order valence-electron chi connectivity index (χ1n) is 3.66. The molecule has 68 valence electrons. The maximum Gasteiger partial charge on any atom is 0.264 e. The van der Waals surface area contributed by atoms with E-state index in [1.54, 1.807) is 6.92 Å². The fraction of sp³-hybridized carbons (Fsp3) is 0.571. The van der Waals surface area contributed by atoms with E-state index in [0.29, 0.717) is 29.2 Å². The van der Waals surface area contributed by atoms with Gasteiger partial charge in [-0.3, -0.25) is 0 Å². The molecule has 0 amide bonds. The highest BCUT2D eigenvalue weighted by molar-refractivity contribution is 9.10. The van der Waals surface area contributed by atoms with Crippen molar-refractivity contribution in [3.63, 3.8) is 0 Å². The average Bonchev–Trinajstić information content (AvgIpc) is 2.30. The van der Waals surface area contributed by atoms with Crippen LogP contribution in [0.5, 0.6) is 0 Å². The summed E-state index contributed by atoms with van der Waals surface area (Å²) in [5.41, 5.74) is 5.99. The molecular formula is C7H11BrN2O2. The molecule has 1 atom stereocenters. The van der Waals surface area contributed by atoms with Crippen LogP contribution in [0.15, 0.2) is 9.22 Å². The van der Waals surface area contributed by atoms with E-state index in [1.807, 2.05) is 0 Å². The molecule has 1 heterocycles. The Morgan fingerprint density at radius 2 is 2.42 bits per heavy atom. The smallest absolute Gasteiger partial charge is 0.264 e. The van der Waals surface area contributed by atoms with Crippen molar-refractivity contribution in [3.8, 4) is 0 Å². The van der Waals surface area contributed by atoms with Crippen LogP contribution in [0.2, 0.25) is 0 Å². The fourth-order valence-corrected chi connectivity index (χ4v) is 1.41. The molecule has 1 aromatic heterocycles. The Labute approximate surface area is 78.9 Å². The van der Waals surface area contributed by atoms with Gasteiger partial charge < -0.3 is 15.3 Å². The van der Waals surface area contributed by atoms with Crippen LogP contribution >= 0.6 is 15.9 Å². The third kappa shape index (κ3) is 2.06. The molecule has 5 heteroatoms. The molecule has 0 radical (unpaired) electrons. The van der Waals surface area contributed by atoms with Gasteiger partial charge in [0, 0.05) is 15.9 Å². The van der Waals surface area contributed by atoms with Crippen molar-refractivity contribution in [1.82, 2.24) is 4.98 Å². The predicted molar refractivity (Wildman–Crippen MR) is 47.6 cm³/mol. The average molecular weight is 235 g/mol. The molecule has 0 aromatic carbocycles. The van der Waals surface area contributed by atoms with Crippen molar-refractivity contribution in [2.45, 2.75) is 19.4 Å². The Morgan fingerprint density at radius 1 is 1.75 bits per heavy atom. The molecule has 4 nitrogen and oxygen atoms in total. The number of aliphatic hydroxyl groups is 1. The van der Waals surface area contributed by atoms with Gasteiger partial charge in [0.15, 0.2) is 5.76 Å². The van der Waals surface area contributed by atoms with Crippen LogP contribution in [0.25, 0.3) is 0 Å². The summed E-state index contributed by atoms with van der Waals surface area (Å²) in [6.07, 6.45) is -0.156. The van der Waals surface area contributed by atoms with Gasteiger partial charge in [0.25, 0.3) is 4.80 Å². The van der Waals surface area contributed by atoms with Gasteiger partial charge in [-0.25, -0.2) is 4.98 Å². The number of nitrogens with zero attached hydrogens (tertiary/aromatic N) is 1. The van der Waals surface area contributed by atoms with Gasteiger partial charge in [-0.15, -0.1) is 0 Å². The molecule has 0 aliphatic rings. The number of halogens is 1. The first kappa shape index (κ1) is 9.70. The third-order valence-electron chi connectivity index (χ3n) is 1.55. The molecule has 1 rings (SSSR count). The summed E-state index contributed by atoms with van der Waals surface area (Å²) in [6.45, 7) is 2.21. The third-order valence-corrected chi connectivity index (χ3v) is 1.89. The zero-order valence-corrected chi connectivity index (χ0v) is 8.34. The molecule has 0 saturated heterocycles. The Kier molecular flexibility index (Phi) is 3.25. The van der Waals surface area contributed by atoms with Crippen LogP contribution in [0, 0.1) is 6.92 Å². The van der Waals surface area contributed by atoms with Crippen LogP contribution in [0.4, 0.5) is 0 Å². The summed E-state index contributed by atoms with van der Waals surface area (Å²) in [5.74, 6) is 0.493. The van der Waals surface area contributed by atoms with E-state index in [4.69, 9.17) is 10.2 Å². The molecule has 0 bridgehead atoms. The molecule has 12 heavy (non-hydrogen) atoms. The zero-order chi connectivity index (χ0) is 9.14. The van der Waals surface area contributed by atoms with E-state index in [1.165, 1.54) is 0 Å².